The molecule has 0 unspecified atom stereocenters. The molecule has 2 rings (SSSR count). The summed E-state index contributed by atoms with van der Waals surface area (Å²) in [6.45, 7) is 5.71. The van der Waals surface area contributed by atoms with Crippen LogP contribution in [0.4, 0.5) is 5.82 Å². The van der Waals surface area contributed by atoms with Gasteiger partial charge in [-0.05, 0) is 38.8 Å². The predicted molar refractivity (Wildman–Crippen MR) is 82.0 cm³/mol. The zero-order chi connectivity index (χ0) is 14.4. The van der Waals surface area contributed by atoms with E-state index in [-0.39, 0.29) is 5.91 Å². The summed E-state index contributed by atoms with van der Waals surface area (Å²) in [5.74, 6) is 0.944. The summed E-state index contributed by atoms with van der Waals surface area (Å²) in [7, 11) is 0. The van der Waals surface area contributed by atoms with Gasteiger partial charge in [0.1, 0.15) is 5.82 Å². The molecule has 0 saturated heterocycles. The summed E-state index contributed by atoms with van der Waals surface area (Å²) in [6, 6.07) is 4.17. The van der Waals surface area contributed by atoms with E-state index in [9.17, 15) is 4.79 Å². The lowest BCUT2D eigenvalue weighted by Crippen LogP contribution is -2.41. The molecule has 0 atom stereocenters. The highest BCUT2D eigenvalue weighted by Gasteiger charge is 2.24. The first-order valence-corrected chi connectivity index (χ1v) is 7.77. The number of rotatable bonds is 5. The van der Waals surface area contributed by atoms with E-state index in [0.29, 0.717) is 11.6 Å². The zero-order valence-electron chi connectivity index (χ0n) is 12.6. The van der Waals surface area contributed by atoms with Gasteiger partial charge in [-0.3, -0.25) is 4.79 Å². The first-order chi connectivity index (χ1) is 9.76. The van der Waals surface area contributed by atoms with Gasteiger partial charge in [0.2, 0.25) is 0 Å². The maximum Gasteiger partial charge on any atom is 0.255 e. The fourth-order valence-electron chi connectivity index (χ4n) is 2.93. The Hall–Kier alpha value is -1.58. The van der Waals surface area contributed by atoms with Gasteiger partial charge in [-0.15, -0.1) is 0 Å². The summed E-state index contributed by atoms with van der Waals surface area (Å²) in [5.41, 5.74) is 0.694. The quantitative estimate of drug-likeness (QED) is 0.896. The van der Waals surface area contributed by atoms with Gasteiger partial charge in [0.25, 0.3) is 5.91 Å². The largest absolute Gasteiger partial charge is 0.370 e. The minimum atomic E-state index is 0.120. The molecular formula is C16H25N3O. The molecule has 1 fully saturated rings. The highest BCUT2D eigenvalue weighted by molar-refractivity contribution is 5.94. The Balaban J connectivity index is 2.07. The van der Waals surface area contributed by atoms with Crippen LogP contribution in [0.3, 0.4) is 0 Å². The predicted octanol–water partition coefficient (Wildman–Crippen LogP) is 3.31. The molecule has 4 nitrogen and oxygen atoms in total. The molecule has 0 aliphatic heterocycles. The molecular weight excluding hydrogens is 250 g/mol. The summed E-state index contributed by atoms with van der Waals surface area (Å²) in [5, 5.41) is 3.14. The Morgan fingerprint density at radius 1 is 1.30 bits per heavy atom. The Morgan fingerprint density at radius 2 is 2.05 bits per heavy atom. The Morgan fingerprint density at radius 3 is 2.60 bits per heavy atom. The lowest BCUT2D eigenvalue weighted by Gasteiger charge is -2.33. The van der Waals surface area contributed by atoms with Gasteiger partial charge >= 0.3 is 0 Å². The molecule has 1 heterocycles. The molecule has 20 heavy (non-hydrogen) atoms. The van der Waals surface area contributed by atoms with Crippen molar-refractivity contribution in [2.45, 2.75) is 52.0 Å². The third kappa shape index (κ3) is 3.50. The van der Waals surface area contributed by atoms with Crippen molar-refractivity contribution in [3.8, 4) is 0 Å². The number of aromatic nitrogens is 1. The number of carbonyl (C=O) groups is 1. The smallest absolute Gasteiger partial charge is 0.255 e. The number of amides is 1. The van der Waals surface area contributed by atoms with Crippen LogP contribution in [0, 0.1) is 0 Å². The highest BCUT2D eigenvalue weighted by Crippen LogP contribution is 2.23. The molecule has 0 bridgehead atoms. The van der Waals surface area contributed by atoms with Gasteiger partial charge in [-0.2, -0.15) is 0 Å². The van der Waals surface area contributed by atoms with Crippen molar-refractivity contribution in [2.24, 2.45) is 0 Å². The topological polar surface area (TPSA) is 45.2 Å². The van der Waals surface area contributed by atoms with Crippen LogP contribution in [-0.2, 0) is 0 Å². The van der Waals surface area contributed by atoms with E-state index in [2.05, 4.69) is 17.2 Å². The molecule has 110 valence electrons. The number of hydrogen-bond acceptors (Lipinski definition) is 3. The number of hydrogen-bond donors (Lipinski definition) is 1. The van der Waals surface area contributed by atoms with E-state index < -0.39 is 0 Å². The average Bonchev–Trinajstić information content (AvgIpc) is 2.50. The van der Waals surface area contributed by atoms with Gasteiger partial charge in [-0.25, -0.2) is 4.98 Å². The normalized spacial score (nSPS) is 15.9. The fourth-order valence-corrected chi connectivity index (χ4v) is 2.93. The number of nitrogens with zero attached hydrogens (tertiary/aromatic N) is 2. The average molecular weight is 275 g/mol. The van der Waals surface area contributed by atoms with E-state index >= 15 is 0 Å². The van der Waals surface area contributed by atoms with E-state index in [1.807, 2.05) is 24.0 Å². The van der Waals surface area contributed by atoms with Crippen LogP contribution in [0.25, 0.3) is 0 Å². The Kier molecular flexibility index (Phi) is 5.39. The van der Waals surface area contributed by atoms with Crippen molar-refractivity contribution < 1.29 is 4.79 Å². The van der Waals surface area contributed by atoms with Crippen LogP contribution in [0.2, 0.25) is 0 Å². The molecule has 1 aromatic heterocycles. The van der Waals surface area contributed by atoms with E-state index in [4.69, 9.17) is 0 Å². The van der Waals surface area contributed by atoms with E-state index in [1.165, 1.54) is 19.3 Å². The van der Waals surface area contributed by atoms with Gasteiger partial charge < -0.3 is 10.2 Å². The van der Waals surface area contributed by atoms with Crippen LogP contribution in [0.5, 0.6) is 0 Å². The van der Waals surface area contributed by atoms with Crippen molar-refractivity contribution in [3.05, 3.63) is 23.9 Å². The summed E-state index contributed by atoms with van der Waals surface area (Å²) in [4.78, 5) is 18.9. The highest BCUT2D eigenvalue weighted by atomic mass is 16.2. The molecule has 1 aliphatic rings. The standard InChI is InChI=1S/C16H25N3O/c1-3-17-15-11-10-13(12-18-15)16(20)19(4-2)14-8-6-5-7-9-14/h10-12,14H,3-9H2,1-2H3,(H,17,18). The Bertz CT molecular complexity index is 424. The van der Waals surface area contributed by atoms with Gasteiger partial charge in [-0.1, -0.05) is 19.3 Å². The lowest BCUT2D eigenvalue weighted by molar-refractivity contribution is 0.0647. The number of anilines is 1. The maximum atomic E-state index is 12.6. The van der Waals surface area contributed by atoms with Crippen LogP contribution in [0.1, 0.15) is 56.3 Å². The number of pyridine rings is 1. The first kappa shape index (κ1) is 14.8. The van der Waals surface area contributed by atoms with Gasteiger partial charge in [0, 0.05) is 25.3 Å². The van der Waals surface area contributed by atoms with Gasteiger partial charge in [0.05, 0.1) is 5.56 Å². The lowest BCUT2D eigenvalue weighted by atomic mass is 9.94. The molecule has 0 aromatic carbocycles. The van der Waals surface area contributed by atoms with Crippen molar-refractivity contribution in [2.75, 3.05) is 18.4 Å². The summed E-state index contributed by atoms with van der Waals surface area (Å²) >= 11 is 0. The number of nitrogens with one attached hydrogen (secondary N) is 1. The molecule has 1 aliphatic carbocycles. The molecule has 1 N–H and O–H groups in total. The van der Waals surface area contributed by atoms with Gasteiger partial charge in [0.15, 0.2) is 0 Å². The molecule has 0 radical (unpaired) electrons. The van der Waals surface area contributed by atoms with Crippen LogP contribution in [0.15, 0.2) is 18.3 Å². The van der Waals surface area contributed by atoms with E-state index in [1.54, 1.807) is 6.20 Å². The minimum absolute atomic E-state index is 0.120. The first-order valence-electron chi connectivity index (χ1n) is 7.77. The Labute approximate surface area is 121 Å². The second-order valence-corrected chi connectivity index (χ2v) is 5.35. The fraction of sp³-hybridized carbons (Fsp3) is 0.625. The zero-order valence-corrected chi connectivity index (χ0v) is 12.6. The SMILES string of the molecule is CCNc1ccc(C(=O)N(CC)C2CCCCC2)cn1. The van der Waals surface area contributed by atoms with Crippen LogP contribution < -0.4 is 5.32 Å². The summed E-state index contributed by atoms with van der Waals surface area (Å²) < 4.78 is 0. The summed E-state index contributed by atoms with van der Waals surface area (Å²) in [6.07, 6.45) is 7.76. The molecule has 1 saturated carbocycles. The molecule has 4 heteroatoms. The maximum absolute atomic E-state index is 12.6. The third-order valence-corrected chi connectivity index (χ3v) is 3.99. The molecule has 0 spiro atoms. The monoisotopic (exact) mass is 275 g/mol. The van der Waals surface area contributed by atoms with E-state index in [0.717, 1.165) is 31.7 Å². The second kappa shape index (κ2) is 7.27. The second-order valence-electron chi connectivity index (χ2n) is 5.35. The molecule has 1 aromatic rings. The minimum Gasteiger partial charge on any atom is -0.370 e. The van der Waals surface area contributed by atoms with Crippen molar-refractivity contribution in [1.29, 1.82) is 0 Å². The van der Waals surface area contributed by atoms with Crippen molar-refractivity contribution >= 4 is 11.7 Å². The third-order valence-electron chi connectivity index (χ3n) is 3.99. The molecule has 1 amide bonds. The van der Waals surface area contributed by atoms with Crippen molar-refractivity contribution in [1.82, 2.24) is 9.88 Å². The van der Waals surface area contributed by atoms with Crippen molar-refractivity contribution in [3.63, 3.8) is 0 Å². The van der Waals surface area contributed by atoms with Crippen LogP contribution in [-0.4, -0.2) is 34.9 Å². The number of carbonyl (C=O) groups excluding carboxylic acids is 1. The van der Waals surface area contributed by atoms with Crippen LogP contribution >= 0.6 is 0 Å².